The molecule has 1 fully saturated rings. The van der Waals surface area contributed by atoms with Gasteiger partial charge >= 0.3 is 0 Å². The van der Waals surface area contributed by atoms with Crippen molar-refractivity contribution in [3.8, 4) is 0 Å². The normalized spacial score (nSPS) is 17.0. The van der Waals surface area contributed by atoms with Gasteiger partial charge in [0.25, 0.3) is 0 Å². The fourth-order valence-corrected chi connectivity index (χ4v) is 6.40. The second kappa shape index (κ2) is 8.87. The summed E-state index contributed by atoms with van der Waals surface area (Å²) < 4.78 is 59.3. The summed E-state index contributed by atoms with van der Waals surface area (Å²) in [6, 6.07) is 4.56. The van der Waals surface area contributed by atoms with Gasteiger partial charge in [-0.1, -0.05) is 16.8 Å². The molecule has 0 bridgehead atoms. The number of benzene rings is 1. The molecule has 0 aliphatic carbocycles. The molecule has 1 saturated heterocycles. The lowest BCUT2D eigenvalue weighted by Gasteiger charge is -2.35. The van der Waals surface area contributed by atoms with Crippen LogP contribution in [0.5, 0.6) is 0 Å². The maximum Gasteiger partial charge on any atom is 0.248 e. The minimum atomic E-state index is -3.91. The molecule has 170 valence electrons. The summed E-state index contributed by atoms with van der Waals surface area (Å²) in [5.41, 5.74) is 0.279. The highest BCUT2D eigenvalue weighted by molar-refractivity contribution is 7.89. The minimum Gasteiger partial charge on any atom is -0.360 e. The Kier molecular flexibility index (Phi) is 6.77. The van der Waals surface area contributed by atoms with Crippen molar-refractivity contribution in [2.24, 2.45) is 0 Å². The number of nitrogens with one attached hydrogen (secondary N) is 1. The van der Waals surface area contributed by atoms with Gasteiger partial charge in [0.05, 0.1) is 10.9 Å². The molecule has 1 aliphatic heterocycles. The van der Waals surface area contributed by atoms with E-state index >= 15 is 0 Å². The number of sulfonamides is 2. The quantitative estimate of drug-likeness (QED) is 0.642. The zero-order chi connectivity index (χ0) is 23.0. The van der Waals surface area contributed by atoms with E-state index in [9.17, 15) is 21.6 Å². The molecule has 31 heavy (non-hydrogen) atoms. The summed E-state index contributed by atoms with van der Waals surface area (Å²) in [5.74, 6) is -0.229. The van der Waals surface area contributed by atoms with Crippen LogP contribution in [0, 0.1) is 13.8 Å². The van der Waals surface area contributed by atoms with Gasteiger partial charge in [0.15, 0.2) is 5.76 Å². The Morgan fingerprint density at radius 2 is 1.68 bits per heavy atom. The molecule has 1 aliphatic rings. The first-order valence-electron chi connectivity index (χ1n) is 9.43. The van der Waals surface area contributed by atoms with Crippen LogP contribution in [0.25, 0.3) is 0 Å². The van der Waals surface area contributed by atoms with Crippen LogP contribution in [0.3, 0.4) is 0 Å². The topological polar surface area (TPSA) is 130 Å². The van der Waals surface area contributed by atoms with E-state index in [-0.39, 0.29) is 47.4 Å². The summed E-state index contributed by atoms with van der Waals surface area (Å²) in [4.78, 5) is 14.2. The fourth-order valence-electron chi connectivity index (χ4n) is 3.36. The lowest BCUT2D eigenvalue weighted by molar-refractivity contribution is -0.133. The van der Waals surface area contributed by atoms with Crippen LogP contribution in [0.2, 0.25) is 5.02 Å². The van der Waals surface area contributed by atoms with E-state index in [1.807, 2.05) is 0 Å². The first-order valence-corrected chi connectivity index (χ1v) is 12.7. The molecule has 0 radical (unpaired) electrons. The van der Waals surface area contributed by atoms with Crippen molar-refractivity contribution >= 4 is 37.6 Å². The molecule has 1 aromatic carbocycles. The highest BCUT2D eigenvalue weighted by atomic mass is 35.5. The molecule has 1 amide bonds. The van der Waals surface area contributed by atoms with Crippen LogP contribution in [-0.4, -0.2) is 69.3 Å². The molecular weight excluding hydrogens is 468 g/mol. The van der Waals surface area contributed by atoms with Crippen LogP contribution < -0.4 is 4.72 Å². The third kappa shape index (κ3) is 4.93. The first kappa shape index (κ1) is 23.7. The van der Waals surface area contributed by atoms with E-state index in [0.29, 0.717) is 5.02 Å². The average Bonchev–Trinajstić information content (AvgIpc) is 3.06. The predicted octanol–water partition coefficient (Wildman–Crippen LogP) is 1.14. The molecule has 0 spiro atoms. The van der Waals surface area contributed by atoms with Gasteiger partial charge in [0.1, 0.15) is 10.6 Å². The van der Waals surface area contributed by atoms with Gasteiger partial charge < -0.3 is 9.42 Å². The van der Waals surface area contributed by atoms with Gasteiger partial charge in [-0.05, 0) is 45.0 Å². The Bertz CT molecular complexity index is 1150. The smallest absolute Gasteiger partial charge is 0.248 e. The summed E-state index contributed by atoms with van der Waals surface area (Å²) in [6.07, 6.45) is 0. The molecule has 10 nitrogen and oxygen atoms in total. The second-order valence-electron chi connectivity index (χ2n) is 7.18. The monoisotopic (exact) mass is 490 g/mol. The Balaban J connectivity index is 1.64. The molecular formula is C18H23ClN4O6S2. The maximum absolute atomic E-state index is 12.9. The minimum absolute atomic E-state index is 0.00748. The van der Waals surface area contributed by atoms with Gasteiger partial charge in [-0.2, -0.15) is 9.03 Å². The third-order valence-corrected chi connectivity index (χ3v) is 8.89. The van der Waals surface area contributed by atoms with Crippen LogP contribution in [0.4, 0.5) is 0 Å². The van der Waals surface area contributed by atoms with Gasteiger partial charge in [-0.25, -0.2) is 16.8 Å². The number of carbonyl (C=O) groups excluding carboxylic acids is 1. The third-order valence-electron chi connectivity index (χ3n) is 4.94. The number of carbonyl (C=O) groups is 1. The number of aryl methyl sites for hydroxylation is 2. The highest BCUT2D eigenvalue weighted by Gasteiger charge is 2.35. The van der Waals surface area contributed by atoms with Crippen molar-refractivity contribution in [1.29, 1.82) is 0 Å². The number of aromatic nitrogens is 1. The number of amides is 1. The van der Waals surface area contributed by atoms with Crippen molar-refractivity contribution < 1.29 is 26.2 Å². The summed E-state index contributed by atoms with van der Waals surface area (Å²) in [6.45, 7) is 4.95. The zero-order valence-electron chi connectivity index (χ0n) is 17.2. The van der Waals surface area contributed by atoms with Crippen molar-refractivity contribution in [3.05, 3.63) is 40.7 Å². The van der Waals surface area contributed by atoms with Gasteiger partial charge in [-0.3, -0.25) is 4.79 Å². The first-order chi connectivity index (χ1) is 14.4. The van der Waals surface area contributed by atoms with E-state index in [0.717, 1.165) is 0 Å². The zero-order valence-corrected chi connectivity index (χ0v) is 19.6. The Hall–Kier alpha value is -1.99. The SMILES string of the molecule is Cc1noc(C)c1S(=O)(=O)N1CCN(C(=O)[C@H](C)NS(=O)(=O)c2ccc(Cl)cc2)CC1. The van der Waals surface area contributed by atoms with Crippen molar-refractivity contribution in [3.63, 3.8) is 0 Å². The number of hydrogen-bond donors (Lipinski definition) is 1. The molecule has 0 saturated carbocycles. The van der Waals surface area contributed by atoms with Crippen molar-refractivity contribution in [2.75, 3.05) is 26.2 Å². The molecule has 13 heteroatoms. The van der Waals surface area contributed by atoms with E-state index in [1.165, 1.54) is 47.3 Å². The number of piperazine rings is 1. The lowest BCUT2D eigenvalue weighted by Crippen LogP contribution is -2.55. The van der Waals surface area contributed by atoms with E-state index in [4.69, 9.17) is 16.1 Å². The fraction of sp³-hybridized carbons (Fsp3) is 0.444. The molecule has 1 aromatic heterocycles. The predicted molar refractivity (Wildman–Crippen MR) is 113 cm³/mol. The van der Waals surface area contributed by atoms with Crippen LogP contribution in [0.15, 0.2) is 38.6 Å². The van der Waals surface area contributed by atoms with Gasteiger partial charge in [0.2, 0.25) is 26.0 Å². The number of rotatable bonds is 6. The average molecular weight is 491 g/mol. The van der Waals surface area contributed by atoms with E-state index in [2.05, 4.69) is 9.88 Å². The van der Waals surface area contributed by atoms with E-state index in [1.54, 1.807) is 6.92 Å². The Morgan fingerprint density at radius 1 is 1.10 bits per heavy atom. The Labute approximate surface area is 186 Å². The molecule has 0 unspecified atom stereocenters. The largest absolute Gasteiger partial charge is 0.360 e. The van der Waals surface area contributed by atoms with Gasteiger partial charge in [-0.15, -0.1) is 0 Å². The molecule has 1 N–H and O–H groups in total. The standard InChI is InChI=1S/C18H23ClN4O6S2/c1-12-17(14(3)29-20-12)31(27,28)23-10-8-22(9-11-23)18(24)13(2)21-30(25,26)16-6-4-15(19)5-7-16/h4-7,13,21H,8-11H2,1-3H3/t13-/m0/s1. The molecule has 1 atom stereocenters. The van der Waals surface area contributed by atoms with Gasteiger partial charge in [0, 0.05) is 31.2 Å². The summed E-state index contributed by atoms with van der Waals surface area (Å²) in [5, 5.41) is 4.09. The number of halogens is 1. The second-order valence-corrected chi connectivity index (χ2v) is 11.2. The lowest BCUT2D eigenvalue weighted by atomic mass is 10.2. The van der Waals surface area contributed by atoms with Crippen LogP contribution in [-0.2, 0) is 24.8 Å². The number of nitrogens with zero attached hydrogens (tertiary/aromatic N) is 3. The van der Waals surface area contributed by atoms with Crippen molar-refractivity contribution in [1.82, 2.24) is 19.1 Å². The summed E-state index contributed by atoms with van der Waals surface area (Å²) in [7, 11) is -7.71. The highest BCUT2D eigenvalue weighted by Crippen LogP contribution is 2.24. The molecule has 2 heterocycles. The van der Waals surface area contributed by atoms with Crippen LogP contribution >= 0.6 is 11.6 Å². The van der Waals surface area contributed by atoms with Crippen LogP contribution in [0.1, 0.15) is 18.4 Å². The van der Waals surface area contributed by atoms with Crippen molar-refractivity contribution in [2.45, 2.75) is 36.6 Å². The Morgan fingerprint density at radius 3 is 2.19 bits per heavy atom. The molecule has 3 rings (SSSR count). The van der Waals surface area contributed by atoms with E-state index < -0.39 is 32.0 Å². The maximum atomic E-state index is 12.9. The number of hydrogen-bond acceptors (Lipinski definition) is 7. The molecule has 2 aromatic rings. The summed E-state index contributed by atoms with van der Waals surface area (Å²) >= 11 is 5.78.